The molecule has 4 aromatic carbocycles. The SMILES string of the molecule is Fc1c(F)c(F)c(C2=Cc3cc4[nH]c(cc5nc(cc6[nH]c(cc2n3)cc6-c2c(F)c(F)c(F)c(F)c2F)C=C5c2c(F)c(F)c(F)c(F)c2F)cc4-c2c(F)c(F)c(F)c(F)c2F)c(F)c1F.[Pt]. The van der Waals surface area contributed by atoms with Crippen molar-refractivity contribution in [2.45, 2.75) is 0 Å². The number of hydrogen-bond donors (Lipinski definition) is 2. The van der Waals surface area contributed by atoms with E-state index in [4.69, 9.17) is 0 Å². The average Bonchev–Trinajstić information content (AvgIpc) is 4.10. The Morgan fingerprint density at radius 3 is 0.768 bits per heavy atom. The first-order valence-corrected chi connectivity index (χ1v) is 18.3. The second kappa shape index (κ2) is 17.1. The zero-order chi connectivity index (χ0) is 49.3. The van der Waals surface area contributed by atoms with Crippen LogP contribution in [-0.4, -0.2) is 19.9 Å². The molecule has 69 heavy (non-hydrogen) atoms. The molecule has 0 saturated heterocycles. The number of rotatable bonds is 4. The van der Waals surface area contributed by atoms with Crippen molar-refractivity contribution in [3.05, 3.63) is 187 Å². The van der Waals surface area contributed by atoms with Gasteiger partial charge in [-0.15, -0.1) is 0 Å². The van der Waals surface area contributed by atoms with Gasteiger partial charge in [0.2, 0.25) is 23.3 Å². The number of H-pyrrole nitrogens is 2. The molecule has 0 radical (unpaired) electrons. The Balaban J connectivity index is 0.00000642. The van der Waals surface area contributed by atoms with Crippen LogP contribution in [0.15, 0.2) is 36.4 Å². The number of fused-ring (bicyclic) bond motifs is 8. The third-order valence-corrected chi connectivity index (χ3v) is 10.5. The molecule has 2 aliphatic rings. The Labute approximate surface area is 382 Å². The maximum absolute atomic E-state index is 15.4. The Morgan fingerprint density at radius 2 is 0.507 bits per heavy atom. The van der Waals surface area contributed by atoms with E-state index in [0.29, 0.717) is 48.6 Å². The van der Waals surface area contributed by atoms with Crippen molar-refractivity contribution in [3.8, 4) is 22.3 Å². The van der Waals surface area contributed by atoms with Crippen LogP contribution >= 0.6 is 0 Å². The van der Waals surface area contributed by atoms with E-state index in [-0.39, 0.29) is 21.1 Å². The number of aromatic amines is 2. The zero-order valence-corrected chi connectivity index (χ0v) is 34.7. The molecule has 0 fully saturated rings. The second-order valence-corrected chi connectivity index (χ2v) is 14.4. The van der Waals surface area contributed by atoms with Gasteiger partial charge < -0.3 is 9.97 Å². The van der Waals surface area contributed by atoms with Crippen molar-refractivity contribution in [1.29, 1.82) is 0 Å². The standard InChI is InChI=1S/C44H10F20N4.Pt/c45-25-21(26(46)34(54)41(61)33(25)53)13-1-9-5-18-14(22-27(47)35(55)42(62)36(56)28(22)48)3-11(66-18)7-20-16(24-31(51)39(59)44(64)40(60)32(24)52)4-12(68-20)8-19-15(2-10(67-19)6-17(13)65-9)23-29(49)37(57)43(63)38(58)30(23)50;/h1-8,65,68H;. The summed E-state index contributed by atoms with van der Waals surface area (Å²) in [5, 5.41) is 0. The van der Waals surface area contributed by atoms with Gasteiger partial charge in [-0.3, -0.25) is 0 Å². The van der Waals surface area contributed by atoms with E-state index in [9.17, 15) is 52.7 Å². The molecule has 5 heterocycles. The predicted molar refractivity (Wildman–Crippen MR) is 198 cm³/mol. The number of hydrogen-bond acceptors (Lipinski definition) is 2. The quantitative estimate of drug-likeness (QED) is 0.105. The normalized spacial score (nSPS) is 12.4. The van der Waals surface area contributed by atoms with Crippen LogP contribution in [0.3, 0.4) is 0 Å². The Kier molecular flexibility index (Phi) is 11.9. The van der Waals surface area contributed by atoms with Crippen molar-refractivity contribution in [2.24, 2.45) is 0 Å². The summed E-state index contributed by atoms with van der Waals surface area (Å²) in [6.45, 7) is 0. The first-order valence-electron chi connectivity index (χ1n) is 18.3. The van der Waals surface area contributed by atoms with Crippen molar-refractivity contribution >= 4 is 45.4 Å². The van der Waals surface area contributed by atoms with Crippen LogP contribution in [0.4, 0.5) is 87.8 Å². The summed E-state index contributed by atoms with van der Waals surface area (Å²) in [5.41, 5.74) is -17.1. The Hall–Kier alpha value is -7.23. The van der Waals surface area contributed by atoms with E-state index in [1.807, 2.05) is 0 Å². The molecule has 8 bridgehead atoms. The molecule has 0 saturated carbocycles. The van der Waals surface area contributed by atoms with Crippen molar-refractivity contribution in [2.75, 3.05) is 0 Å². The Morgan fingerprint density at radius 1 is 0.275 bits per heavy atom. The fourth-order valence-electron chi connectivity index (χ4n) is 7.41. The molecular weight excluding hydrogens is 1160 g/mol. The molecule has 0 unspecified atom stereocenters. The van der Waals surface area contributed by atoms with E-state index in [1.54, 1.807) is 0 Å². The van der Waals surface area contributed by atoms with Gasteiger partial charge in [-0.25, -0.2) is 97.8 Å². The van der Waals surface area contributed by atoms with Crippen LogP contribution in [-0.2, 0) is 21.1 Å². The van der Waals surface area contributed by atoms with Gasteiger partial charge in [0, 0.05) is 65.4 Å². The molecule has 0 spiro atoms. The molecule has 2 N–H and O–H groups in total. The summed E-state index contributed by atoms with van der Waals surface area (Å²) in [5.74, 6) is -50.6. The van der Waals surface area contributed by atoms with E-state index < -0.39 is 206 Å². The van der Waals surface area contributed by atoms with Crippen molar-refractivity contribution in [3.63, 3.8) is 0 Å². The van der Waals surface area contributed by atoms with Crippen LogP contribution < -0.4 is 0 Å². The van der Waals surface area contributed by atoms with Crippen LogP contribution in [0.2, 0.25) is 0 Å². The monoisotopic (exact) mass is 1170 g/mol. The summed E-state index contributed by atoms with van der Waals surface area (Å²) >= 11 is 0. The van der Waals surface area contributed by atoms with E-state index in [1.165, 1.54) is 0 Å². The predicted octanol–water partition coefficient (Wildman–Crippen LogP) is 13.6. The maximum Gasteiger partial charge on any atom is 0.200 e. The van der Waals surface area contributed by atoms with Gasteiger partial charge in [0.25, 0.3) is 0 Å². The fraction of sp³-hybridized carbons (Fsp3) is 0. The van der Waals surface area contributed by atoms with Crippen molar-refractivity contribution < 1.29 is 109 Å². The molecule has 4 nitrogen and oxygen atoms in total. The minimum absolute atomic E-state index is 0. The van der Waals surface area contributed by atoms with Crippen LogP contribution in [0.25, 0.3) is 67.6 Å². The summed E-state index contributed by atoms with van der Waals surface area (Å²) < 4.78 is 297. The van der Waals surface area contributed by atoms with Gasteiger partial charge >= 0.3 is 0 Å². The number of nitrogens with zero attached hydrogens (tertiary/aromatic N) is 2. The van der Waals surface area contributed by atoms with Gasteiger partial charge in [0.15, 0.2) is 93.1 Å². The smallest absolute Gasteiger partial charge is 0.200 e. The van der Waals surface area contributed by atoms with E-state index in [0.717, 1.165) is 0 Å². The summed E-state index contributed by atoms with van der Waals surface area (Å²) in [6.07, 6.45) is 1.09. The number of benzene rings is 4. The molecule has 356 valence electrons. The van der Waals surface area contributed by atoms with Crippen LogP contribution in [0, 0.1) is 116 Å². The summed E-state index contributed by atoms with van der Waals surface area (Å²) in [6, 6.07) is 3.61. The summed E-state index contributed by atoms with van der Waals surface area (Å²) in [4.78, 5) is 12.8. The first-order chi connectivity index (χ1) is 32.0. The molecule has 3 aromatic heterocycles. The third-order valence-electron chi connectivity index (χ3n) is 10.5. The molecule has 0 amide bonds. The fourth-order valence-corrected chi connectivity index (χ4v) is 7.41. The first kappa shape index (κ1) is 48.2. The minimum atomic E-state index is -2.64. The molecular formula is C44H10F20N4Pt. The number of aromatic nitrogens is 4. The van der Waals surface area contributed by atoms with E-state index >= 15 is 35.1 Å². The number of nitrogens with one attached hydrogen (secondary N) is 2. The molecule has 0 aliphatic carbocycles. The topological polar surface area (TPSA) is 57.4 Å². The van der Waals surface area contributed by atoms with Crippen molar-refractivity contribution in [1.82, 2.24) is 19.9 Å². The number of halogens is 20. The largest absolute Gasteiger partial charge is 0.355 e. The van der Waals surface area contributed by atoms with Gasteiger partial charge in [-0.2, -0.15) is 0 Å². The van der Waals surface area contributed by atoms with Gasteiger partial charge in [0.1, 0.15) is 0 Å². The molecule has 25 heteroatoms. The van der Waals surface area contributed by atoms with Gasteiger partial charge in [-0.1, -0.05) is 0 Å². The maximum atomic E-state index is 15.4. The minimum Gasteiger partial charge on any atom is -0.355 e. The van der Waals surface area contributed by atoms with Crippen LogP contribution in [0.1, 0.15) is 33.9 Å². The van der Waals surface area contributed by atoms with Gasteiger partial charge in [0.05, 0.1) is 45.0 Å². The zero-order valence-electron chi connectivity index (χ0n) is 32.4. The molecule has 2 aliphatic heterocycles. The molecule has 0 atom stereocenters. The second-order valence-electron chi connectivity index (χ2n) is 14.4. The third kappa shape index (κ3) is 7.37. The Bertz CT molecular complexity index is 3350. The molecule has 9 rings (SSSR count). The van der Waals surface area contributed by atoms with Crippen LogP contribution in [0.5, 0.6) is 0 Å². The molecule has 7 aromatic rings. The van der Waals surface area contributed by atoms with Gasteiger partial charge in [-0.05, 0) is 48.6 Å². The summed E-state index contributed by atoms with van der Waals surface area (Å²) in [7, 11) is 0. The average molecular weight is 1170 g/mol. The van der Waals surface area contributed by atoms with E-state index in [2.05, 4.69) is 19.9 Å².